The molecule has 0 spiro atoms. The number of aromatic nitrogens is 3. The van der Waals surface area contributed by atoms with Gasteiger partial charge >= 0.3 is 0 Å². The van der Waals surface area contributed by atoms with Crippen molar-refractivity contribution in [2.24, 2.45) is 0 Å². The van der Waals surface area contributed by atoms with E-state index in [1.165, 1.54) is 11.8 Å². The Kier molecular flexibility index (Phi) is 6.28. The minimum absolute atomic E-state index is 0.0532. The highest BCUT2D eigenvalue weighted by Gasteiger charge is 2.33. The summed E-state index contributed by atoms with van der Waals surface area (Å²) in [7, 11) is -1.34. The zero-order valence-corrected chi connectivity index (χ0v) is 18.6. The number of sulfone groups is 1. The molecule has 0 aliphatic carbocycles. The molecule has 0 N–H and O–H groups in total. The molecule has 0 saturated carbocycles. The van der Waals surface area contributed by atoms with E-state index in [0.717, 1.165) is 30.2 Å². The largest absolute Gasteiger partial charge is 0.376 e. The summed E-state index contributed by atoms with van der Waals surface area (Å²) in [5.74, 6) is 1.10. The quantitative estimate of drug-likeness (QED) is 0.588. The molecule has 1 amide bonds. The molecule has 8 nitrogen and oxygen atoms in total. The van der Waals surface area contributed by atoms with Gasteiger partial charge in [0.05, 0.1) is 34.8 Å². The number of carbonyl (C=O) groups is 1. The van der Waals surface area contributed by atoms with E-state index >= 15 is 0 Å². The van der Waals surface area contributed by atoms with Gasteiger partial charge in [0.1, 0.15) is 0 Å². The van der Waals surface area contributed by atoms with Gasteiger partial charge in [0.2, 0.25) is 5.91 Å². The lowest BCUT2D eigenvalue weighted by molar-refractivity contribution is -0.128. The average molecular weight is 457 g/mol. The summed E-state index contributed by atoms with van der Waals surface area (Å²) >= 11 is 2.94. The Labute approximate surface area is 178 Å². The minimum atomic E-state index is -3.02. The summed E-state index contributed by atoms with van der Waals surface area (Å²) < 4.78 is 31.2. The summed E-state index contributed by atoms with van der Waals surface area (Å²) in [4.78, 5) is 15.2. The van der Waals surface area contributed by atoms with Crippen LogP contribution < -0.4 is 0 Å². The second kappa shape index (κ2) is 8.75. The Morgan fingerprint density at radius 3 is 2.93 bits per heavy atom. The Balaban J connectivity index is 1.45. The molecule has 0 unspecified atom stereocenters. The topological polar surface area (TPSA) is 94.4 Å². The number of hydrogen-bond donors (Lipinski definition) is 0. The van der Waals surface area contributed by atoms with Crippen molar-refractivity contribution >= 4 is 38.8 Å². The number of carbonyl (C=O) groups excluding carboxylic acids is 1. The SMILES string of the molecule is CN(C(=O)CSc1nnc(-c2cccs2)n1C[C@H]1CCCO1)[C@H]1CCS(=O)(=O)C1. The lowest BCUT2D eigenvalue weighted by atomic mass is 10.2. The van der Waals surface area contributed by atoms with E-state index in [0.29, 0.717) is 18.1 Å². The predicted molar refractivity (Wildman–Crippen MR) is 113 cm³/mol. The van der Waals surface area contributed by atoms with Gasteiger partial charge in [-0.3, -0.25) is 9.36 Å². The summed E-state index contributed by atoms with van der Waals surface area (Å²) in [6, 6.07) is 3.75. The van der Waals surface area contributed by atoms with Crippen molar-refractivity contribution < 1.29 is 17.9 Å². The Bertz CT molecular complexity index is 952. The number of rotatable bonds is 7. The van der Waals surface area contributed by atoms with Crippen LogP contribution in [0.2, 0.25) is 0 Å². The van der Waals surface area contributed by atoms with E-state index in [9.17, 15) is 13.2 Å². The monoisotopic (exact) mass is 456 g/mol. The fourth-order valence-corrected chi connectivity index (χ4v) is 7.02. The molecule has 0 aromatic carbocycles. The highest BCUT2D eigenvalue weighted by molar-refractivity contribution is 7.99. The zero-order valence-electron chi connectivity index (χ0n) is 16.2. The van der Waals surface area contributed by atoms with Crippen LogP contribution in [-0.2, 0) is 25.9 Å². The highest BCUT2D eigenvalue weighted by atomic mass is 32.2. The number of thioether (sulfide) groups is 1. The van der Waals surface area contributed by atoms with Crippen LogP contribution in [0.1, 0.15) is 19.3 Å². The predicted octanol–water partition coefficient (Wildman–Crippen LogP) is 1.92. The molecule has 2 aliphatic heterocycles. The van der Waals surface area contributed by atoms with E-state index < -0.39 is 9.84 Å². The van der Waals surface area contributed by atoms with Crippen LogP contribution in [-0.4, -0.2) is 77.0 Å². The second-order valence-corrected chi connectivity index (χ2v) is 11.5. The molecular formula is C18H24N4O4S3. The van der Waals surface area contributed by atoms with Gasteiger partial charge in [-0.1, -0.05) is 17.8 Å². The van der Waals surface area contributed by atoms with Crippen LogP contribution in [0.25, 0.3) is 10.7 Å². The van der Waals surface area contributed by atoms with Crippen molar-refractivity contribution in [1.29, 1.82) is 0 Å². The Morgan fingerprint density at radius 2 is 2.28 bits per heavy atom. The first-order valence-corrected chi connectivity index (χ1v) is 13.3. The third kappa shape index (κ3) is 4.84. The van der Waals surface area contributed by atoms with Gasteiger partial charge in [0.15, 0.2) is 20.8 Å². The van der Waals surface area contributed by atoms with Gasteiger partial charge in [0.25, 0.3) is 0 Å². The molecule has 2 saturated heterocycles. The smallest absolute Gasteiger partial charge is 0.233 e. The van der Waals surface area contributed by atoms with Gasteiger partial charge in [-0.05, 0) is 30.7 Å². The molecule has 2 aromatic rings. The molecule has 2 fully saturated rings. The number of thiophene rings is 1. The van der Waals surface area contributed by atoms with Crippen LogP contribution in [0.3, 0.4) is 0 Å². The number of ether oxygens (including phenoxy) is 1. The number of hydrogen-bond acceptors (Lipinski definition) is 8. The molecule has 11 heteroatoms. The molecule has 0 bridgehead atoms. The summed E-state index contributed by atoms with van der Waals surface area (Å²) in [5.41, 5.74) is 0. The lowest BCUT2D eigenvalue weighted by Crippen LogP contribution is -2.38. The first kappa shape index (κ1) is 20.8. The molecule has 4 rings (SSSR count). The van der Waals surface area contributed by atoms with E-state index in [2.05, 4.69) is 10.2 Å². The van der Waals surface area contributed by atoms with Gasteiger partial charge in [-0.2, -0.15) is 0 Å². The standard InChI is InChI=1S/C18H24N4O4S3/c1-21(13-6-9-29(24,25)12-13)16(23)11-28-18-20-19-17(15-5-3-8-27-15)22(18)10-14-4-2-7-26-14/h3,5,8,13-14H,2,4,6-7,9-12H2,1H3/t13-,14+/m0/s1. The van der Waals surface area contributed by atoms with E-state index in [-0.39, 0.29) is 35.3 Å². The summed E-state index contributed by atoms with van der Waals surface area (Å²) in [6.07, 6.45) is 2.69. The number of amides is 1. The molecule has 2 aliphatic rings. The van der Waals surface area contributed by atoms with Crippen LogP contribution in [0.5, 0.6) is 0 Å². The van der Waals surface area contributed by atoms with Gasteiger partial charge in [0, 0.05) is 19.7 Å². The third-order valence-electron chi connectivity index (χ3n) is 5.34. The maximum atomic E-state index is 12.6. The second-order valence-electron chi connectivity index (χ2n) is 7.38. The van der Waals surface area contributed by atoms with Gasteiger partial charge in [-0.15, -0.1) is 21.5 Å². The first-order chi connectivity index (χ1) is 13.9. The van der Waals surface area contributed by atoms with Crippen molar-refractivity contribution in [3.8, 4) is 10.7 Å². The molecular weight excluding hydrogens is 432 g/mol. The maximum Gasteiger partial charge on any atom is 0.233 e. The Hall–Kier alpha value is -1.43. The molecule has 4 heterocycles. The normalized spacial score (nSPS) is 23.5. The molecule has 2 aromatic heterocycles. The van der Waals surface area contributed by atoms with E-state index in [1.807, 2.05) is 22.1 Å². The first-order valence-electron chi connectivity index (χ1n) is 9.60. The van der Waals surface area contributed by atoms with Crippen molar-refractivity contribution in [2.75, 3.05) is 30.9 Å². The van der Waals surface area contributed by atoms with Crippen molar-refractivity contribution in [2.45, 2.75) is 43.1 Å². The number of nitrogens with zero attached hydrogens (tertiary/aromatic N) is 4. The maximum absolute atomic E-state index is 12.6. The fourth-order valence-electron chi connectivity index (χ4n) is 3.65. The molecule has 29 heavy (non-hydrogen) atoms. The highest BCUT2D eigenvalue weighted by Crippen LogP contribution is 2.29. The van der Waals surface area contributed by atoms with Gasteiger partial charge < -0.3 is 9.64 Å². The minimum Gasteiger partial charge on any atom is -0.376 e. The van der Waals surface area contributed by atoms with Crippen LogP contribution in [0.4, 0.5) is 0 Å². The van der Waals surface area contributed by atoms with E-state index in [4.69, 9.17) is 4.74 Å². The average Bonchev–Trinajstić information content (AvgIpc) is 3.47. The zero-order chi connectivity index (χ0) is 20.4. The molecule has 158 valence electrons. The van der Waals surface area contributed by atoms with E-state index in [1.54, 1.807) is 23.3 Å². The van der Waals surface area contributed by atoms with Crippen molar-refractivity contribution in [3.63, 3.8) is 0 Å². The van der Waals surface area contributed by atoms with Crippen LogP contribution in [0.15, 0.2) is 22.7 Å². The fraction of sp³-hybridized carbons (Fsp3) is 0.611. The molecule has 0 radical (unpaired) electrons. The van der Waals surface area contributed by atoms with Crippen molar-refractivity contribution in [1.82, 2.24) is 19.7 Å². The summed E-state index contributed by atoms with van der Waals surface area (Å²) in [5, 5.41) is 11.4. The van der Waals surface area contributed by atoms with Crippen molar-refractivity contribution in [3.05, 3.63) is 17.5 Å². The van der Waals surface area contributed by atoms with Crippen LogP contribution in [0, 0.1) is 0 Å². The van der Waals surface area contributed by atoms with Gasteiger partial charge in [-0.25, -0.2) is 8.42 Å². The van der Waals surface area contributed by atoms with Crippen LogP contribution >= 0.6 is 23.1 Å². The summed E-state index contributed by atoms with van der Waals surface area (Å²) in [6.45, 7) is 1.44. The molecule has 2 atom stereocenters. The lowest BCUT2D eigenvalue weighted by Gasteiger charge is -2.23. The third-order valence-corrected chi connectivity index (χ3v) is 8.91. The Morgan fingerprint density at radius 1 is 1.41 bits per heavy atom.